The van der Waals surface area contributed by atoms with Gasteiger partial charge in [-0.15, -0.1) is 0 Å². The zero-order chi connectivity index (χ0) is 15.9. The standard InChI is InChI=1S/C18H24N4O/c23-18(20-11-8-16-3-1-9-19-14-16)13-15-4-6-17(7-5-15)22-12-2-10-21-22/h2,4-7,10,12,16,19H,1,3,8-9,11,13-14H2,(H,20,23). The summed E-state index contributed by atoms with van der Waals surface area (Å²) < 4.78 is 1.81. The van der Waals surface area contributed by atoms with Crippen LogP contribution < -0.4 is 10.6 Å². The minimum Gasteiger partial charge on any atom is -0.356 e. The van der Waals surface area contributed by atoms with Gasteiger partial charge in [0.15, 0.2) is 0 Å². The zero-order valence-electron chi connectivity index (χ0n) is 13.4. The van der Waals surface area contributed by atoms with Gasteiger partial charge in [-0.2, -0.15) is 5.10 Å². The number of hydrogen-bond donors (Lipinski definition) is 2. The first kappa shape index (κ1) is 15.7. The highest BCUT2D eigenvalue weighted by molar-refractivity contribution is 5.78. The highest BCUT2D eigenvalue weighted by Crippen LogP contribution is 2.13. The van der Waals surface area contributed by atoms with Gasteiger partial charge in [-0.3, -0.25) is 4.79 Å². The molecule has 2 heterocycles. The molecule has 5 heteroatoms. The average Bonchev–Trinajstić information content (AvgIpc) is 3.11. The molecule has 3 rings (SSSR count). The summed E-state index contributed by atoms with van der Waals surface area (Å²) in [5.41, 5.74) is 2.03. The molecule has 1 aromatic heterocycles. The molecule has 2 aromatic rings. The summed E-state index contributed by atoms with van der Waals surface area (Å²) in [5.74, 6) is 0.804. The smallest absolute Gasteiger partial charge is 0.224 e. The molecule has 0 saturated carbocycles. The van der Waals surface area contributed by atoms with Gasteiger partial charge in [0.2, 0.25) is 5.91 Å². The first-order valence-corrected chi connectivity index (χ1v) is 8.37. The van der Waals surface area contributed by atoms with Crippen molar-refractivity contribution in [1.29, 1.82) is 0 Å². The second-order valence-corrected chi connectivity index (χ2v) is 6.14. The third-order valence-electron chi connectivity index (χ3n) is 4.34. The van der Waals surface area contributed by atoms with E-state index in [4.69, 9.17) is 0 Å². The van der Waals surface area contributed by atoms with Crippen molar-refractivity contribution in [1.82, 2.24) is 20.4 Å². The normalized spacial score (nSPS) is 17.8. The van der Waals surface area contributed by atoms with E-state index in [1.807, 2.05) is 41.2 Å². The Bertz CT molecular complexity index is 600. The molecule has 1 fully saturated rings. The molecular formula is C18H24N4O. The number of carbonyl (C=O) groups is 1. The van der Waals surface area contributed by atoms with Gasteiger partial charge in [0.05, 0.1) is 12.1 Å². The van der Waals surface area contributed by atoms with Crippen molar-refractivity contribution in [2.75, 3.05) is 19.6 Å². The van der Waals surface area contributed by atoms with E-state index in [1.165, 1.54) is 12.8 Å². The number of nitrogens with one attached hydrogen (secondary N) is 2. The predicted octanol–water partition coefficient (Wildman–Crippen LogP) is 1.92. The molecule has 0 aliphatic carbocycles. The minimum atomic E-state index is 0.0978. The van der Waals surface area contributed by atoms with Crippen molar-refractivity contribution in [3.8, 4) is 5.69 Å². The molecule has 1 aliphatic heterocycles. The van der Waals surface area contributed by atoms with E-state index >= 15 is 0 Å². The summed E-state index contributed by atoms with van der Waals surface area (Å²) >= 11 is 0. The van der Waals surface area contributed by atoms with E-state index in [-0.39, 0.29) is 5.91 Å². The van der Waals surface area contributed by atoms with E-state index in [2.05, 4.69) is 15.7 Å². The Morgan fingerprint density at radius 3 is 2.91 bits per heavy atom. The lowest BCUT2D eigenvalue weighted by molar-refractivity contribution is -0.120. The molecule has 1 aliphatic rings. The lowest BCUT2D eigenvalue weighted by atomic mass is 9.96. The van der Waals surface area contributed by atoms with Crippen LogP contribution in [0.1, 0.15) is 24.8 Å². The van der Waals surface area contributed by atoms with E-state index in [0.29, 0.717) is 12.3 Å². The van der Waals surface area contributed by atoms with E-state index in [9.17, 15) is 4.79 Å². The molecule has 0 radical (unpaired) electrons. The van der Waals surface area contributed by atoms with Crippen LogP contribution in [0.4, 0.5) is 0 Å². The number of amides is 1. The number of benzene rings is 1. The van der Waals surface area contributed by atoms with Gasteiger partial charge in [0.25, 0.3) is 0 Å². The van der Waals surface area contributed by atoms with Crippen LogP contribution in [-0.2, 0) is 11.2 Å². The minimum absolute atomic E-state index is 0.0978. The van der Waals surface area contributed by atoms with Gasteiger partial charge in [-0.1, -0.05) is 12.1 Å². The van der Waals surface area contributed by atoms with Gasteiger partial charge in [0.1, 0.15) is 0 Å². The Morgan fingerprint density at radius 2 is 2.22 bits per heavy atom. The van der Waals surface area contributed by atoms with Crippen LogP contribution >= 0.6 is 0 Å². The van der Waals surface area contributed by atoms with Crippen molar-refractivity contribution in [2.45, 2.75) is 25.7 Å². The fourth-order valence-corrected chi connectivity index (χ4v) is 3.02. The number of carbonyl (C=O) groups excluding carboxylic acids is 1. The SMILES string of the molecule is O=C(Cc1ccc(-n2cccn2)cc1)NCCC1CCCNC1. The topological polar surface area (TPSA) is 59.0 Å². The summed E-state index contributed by atoms with van der Waals surface area (Å²) in [6, 6.07) is 9.85. The first-order chi connectivity index (χ1) is 11.3. The lowest BCUT2D eigenvalue weighted by Crippen LogP contribution is -2.33. The van der Waals surface area contributed by atoms with Crippen molar-refractivity contribution in [3.63, 3.8) is 0 Å². The third-order valence-corrected chi connectivity index (χ3v) is 4.34. The summed E-state index contributed by atoms with van der Waals surface area (Å²) in [4.78, 5) is 12.0. The maximum atomic E-state index is 12.0. The fraction of sp³-hybridized carbons (Fsp3) is 0.444. The molecular weight excluding hydrogens is 288 g/mol. The highest BCUT2D eigenvalue weighted by atomic mass is 16.1. The van der Waals surface area contributed by atoms with Gasteiger partial charge >= 0.3 is 0 Å². The number of hydrogen-bond acceptors (Lipinski definition) is 3. The fourth-order valence-electron chi connectivity index (χ4n) is 3.02. The number of aromatic nitrogens is 2. The molecule has 23 heavy (non-hydrogen) atoms. The number of piperidine rings is 1. The Kier molecular flexibility index (Phi) is 5.42. The summed E-state index contributed by atoms with van der Waals surface area (Å²) in [7, 11) is 0. The zero-order valence-corrected chi connectivity index (χ0v) is 13.4. The summed E-state index contributed by atoms with van der Waals surface area (Å²) in [6.07, 6.45) is 7.68. The molecule has 1 atom stereocenters. The average molecular weight is 312 g/mol. The summed E-state index contributed by atoms with van der Waals surface area (Å²) in [6.45, 7) is 3.00. The van der Waals surface area contributed by atoms with Crippen LogP contribution in [0.25, 0.3) is 5.69 Å². The van der Waals surface area contributed by atoms with Crippen LogP contribution in [0.5, 0.6) is 0 Å². The van der Waals surface area contributed by atoms with Gasteiger partial charge in [-0.05, 0) is 62.0 Å². The Hall–Kier alpha value is -2.14. The maximum absolute atomic E-state index is 12.0. The van der Waals surface area contributed by atoms with Crippen LogP contribution in [-0.4, -0.2) is 35.3 Å². The second-order valence-electron chi connectivity index (χ2n) is 6.14. The molecule has 0 bridgehead atoms. The number of nitrogens with zero attached hydrogens (tertiary/aromatic N) is 2. The molecule has 122 valence electrons. The van der Waals surface area contributed by atoms with E-state index in [0.717, 1.165) is 37.3 Å². The van der Waals surface area contributed by atoms with Gasteiger partial charge in [0, 0.05) is 18.9 Å². The summed E-state index contributed by atoms with van der Waals surface area (Å²) in [5, 5.41) is 10.6. The Balaban J connectivity index is 1.42. The maximum Gasteiger partial charge on any atom is 0.224 e. The van der Waals surface area contributed by atoms with E-state index in [1.54, 1.807) is 6.20 Å². The lowest BCUT2D eigenvalue weighted by Gasteiger charge is -2.22. The second kappa shape index (κ2) is 7.92. The molecule has 1 saturated heterocycles. The highest BCUT2D eigenvalue weighted by Gasteiger charge is 2.12. The van der Waals surface area contributed by atoms with Crippen molar-refractivity contribution >= 4 is 5.91 Å². The van der Waals surface area contributed by atoms with E-state index < -0.39 is 0 Å². The molecule has 2 N–H and O–H groups in total. The molecule has 1 unspecified atom stereocenters. The monoisotopic (exact) mass is 312 g/mol. The van der Waals surface area contributed by atoms with Crippen LogP contribution in [0, 0.1) is 5.92 Å². The largest absolute Gasteiger partial charge is 0.356 e. The van der Waals surface area contributed by atoms with Crippen LogP contribution in [0.15, 0.2) is 42.7 Å². The van der Waals surface area contributed by atoms with Crippen molar-refractivity contribution < 1.29 is 4.79 Å². The van der Waals surface area contributed by atoms with Gasteiger partial charge in [-0.25, -0.2) is 4.68 Å². The third kappa shape index (κ3) is 4.66. The number of rotatable bonds is 6. The quantitative estimate of drug-likeness (QED) is 0.857. The van der Waals surface area contributed by atoms with Crippen molar-refractivity contribution in [3.05, 3.63) is 48.3 Å². The Morgan fingerprint density at radius 1 is 1.35 bits per heavy atom. The van der Waals surface area contributed by atoms with Crippen LogP contribution in [0.3, 0.4) is 0 Å². The predicted molar refractivity (Wildman–Crippen MR) is 90.5 cm³/mol. The Labute approximate surface area is 137 Å². The molecule has 1 aromatic carbocycles. The van der Waals surface area contributed by atoms with Crippen molar-refractivity contribution in [2.24, 2.45) is 5.92 Å². The molecule has 0 spiro atoms. The van der Waals surface area contributed by atoms with Crippen LogP contribution in [0.2, 0.25) is 0 Å². The van der Waals surface area contributed by atoms with Gasteiger partial charge < -0.3 is 10.6 Å². The molecule has 5 nitrogen and oxygen atoms in total. The first-order valence-electron chi connectivity index (χ1n) is 8.37. The molecule has 1 amide bonds.